The fourth-order valence-electron chi connectivity index (χ4n) is 2.88. The number of nitrogens with zero attached hydrogens (tertiary/aromatic N) is 1. The predicted octanol–water partition coefficient (Wildman–Crippen LogP) is 4.89. The van der Waals surface area contributed by atoms with Crippen LogP contribution >= 0.6 is 11.8 Å². The number of thioether (sulfide) groups is 1. The minimum Gasteiger partial charge on any atom is -0.460 e. The summed E-state index contributed by atoms with van der Waals surface area (Å²) in [6.07, 6.45) is 10.7. The van der Waals surface area contributed by atoms with E-state index in [0.717, 1.165) is 12.8 Å². The molecule has 1 aliphatic heterocycles. The number of hydrogen-bond acceptors (Lipinski definition) is 4. The maximum Gasteiger partial charge on any atom is 0.306 e. The van der Waals surface area contributed by atoms with Gasteiger partial charge in [0, 0.05) is 31.0 Å². The molecule has 0 N–H and O–H groups in total. The minimum atomic E-state index is -0.343. The van der Waals surface area contributed by atoms with Gasteiger partial charge >= 0.3 is 5.97 Å². The Labute approximate surface area is 147 Å². The van der Waals surface area contributed by atoms with Crippen LogP contribution in [0.15, 0.2) is 0 Å². The van der Waals surface area contributed by atoms with Gasteiger partial charge in [-0.15, -0.1) is 0 Å². The molecule has 0 aromatic rings. The number of rotatable bonds is 11. The summed E-state index contributed by atoms with van der Waals surface area (Å²) in [6, 6.07) is 0. The lowest BCUT2D eigenvalue weighted by Gasteiger charge is -2.25. The average molecular weight is 344 g/mol. The summed E-state index contributed by atoms with van der Waals surface area (Å²) in [6.45, 7) is 9.67. The third-order valence-electron chi connectivity index (χ3n) is 4.13. The lowest BCUT2D eigenvalue weighted by atomic mass is 10.1. The summed E-state index contributed by atoms with van der Waals surface area (Å²) in [4.78, 5) is 14.2. The first kappa shape index (κ1) is 20.8. The molecule has 0 radical (unpaired) electrons. The van der Waals surface area contributed by atoms with Gasteiger partial charge in [0.2, 0.25) is 0 Å². The van der Waals surface area contributed by atoms with Crippen LogP contribution in [0.1, 0.15) is 78.6 Å². The summed E-state index contributed by atoms with van der Waals surface area (Å²) in [5.41, 5.74) is -0.343. The Kier molecular flexibility index (Phi) is 11.0. The van der Waals surface area contributed by atoms with Crippen LogP contribution in [0.25, 0.3) is 0 Å². The van der Waals surface area contributed by atoms with Gasteiger partial charge < -0.3 is 9.64 Å². The number of hydrogen-bond donors (Lipinski definition) is 0. The second-order valence-corrected chi connectivity index (χ2v) is 8.84. The number of unbranched alkanes of at least 4 members (excludes halogenated alkanes) is 7. The molecule has 0 aromatic carbocycles. The zero-order valence-corrected chi connectivity index (χ0v) is 16.4. The largest absolute Gasteiger partial charge is 0.460 e. The van der Waals surface area contributed by atoms with Gasteiger partial charge in [0.25, 0.3) is 0 Å². The van der Waals surface area contributed by atoms with Crippen molar-refractivity contribution in [3.63, 3.8) is 0 Å². The van der Waals surface area contributed by atoms with Gasteiger partial charge in [-0.3, -0.25) is 4.79 Å². The van der Waals surface area contributed by atoms with Crippen molar-refractivity contribution in [1.29, 1.82) is 0 Å². The van der Waals surface area contributed by atoms with E-state index in [9.17, 15) is 4.79 Å². The van der Waals surface area contributed by atoms with E-state index < -0.39 is 0 Å². The van der Waals surface area contributed by atoms with Crippen LogP contribution in [0.3, 0.4) is 0 Å². The fourth-order valence-corrected chi connectivity index (χ4v) is 3.86. The number of carbonyl (C=O) groups is 1. The smallest absolute Gasteiger partial charge is 0.306 e. The topological polar surface area (TPSA) is 29.5 Å². The fraction of sp³-hybridized carbons (Fsp3) is 0.947. The van der Waals surface area contributed by atoms with Gasteiger partial charge in [-0.2, -0.15) is 11.8 Å². The second-order valence-electron chi connectivity index (χ2n) is 7.62. The van der Waals surface area contributed by atoms with E-state index in [1.54, 1.807) is 0 Å². The molecular formula is C19H37NO2S. The van der Waals surface area contributed by atoms with E-state index in [2.05, 4.69) is 16.7 Å². The average Bonchev–Trinajstić information content (AvgIpc) is 2.48. The highest BCUT2D eigenvalue weighted by molar-refractivity contribution is 7.99. The first-order valence-corrected chi connectivity index (χ1v) is 10.6. The Hall–Kier alpha value is -0.220. The summed E-state index contributed by atoms with van der Waals surface area (Å²) in [5.74, 6) is 2.60. The summed E-state index contributed by atoms with van der Waals surface area (Å²) < 4.78 is 5.32. The van der Waals surface area contributed by atoms with E-state index in [-0.39, 0.29) is 11.6 Å². The molecule has 1 saturated heterocycles. The molecule has 1 fully saturated rings. The van der Waals surface area contributed by atoms with Crippen molar-refractivity contribution in [2.75, 3.05) is 31.1 Å². The predicted molar refractivity (Wildman–Crippen MR) is 101 cm³/mol. The monoisotopic (exact) mass is 343 g/mol. The summed E-state index contributed by atoms with van der Waals surface area (Å²) in [5, 5.41) is 0. The van der Waals surface area contributed by atoms with Crippen molar-refractivity contribution in [2.24, 2.45) is 0 Å². The molecule has 1 rings (SSSR count). The van der Waals surface area contributed by atoms with Gasteiger partial charge in [0.1, 0.15) is 5.60 Å². The van der Waals surface area contributed by atoms with E-state index in [0.29, 0.717) is 6.42 Å². The number of esters is 1. The van der Waals surface area contributed by atoms with Crippen molar-refractivity contribution in [1.82, 2.24) is 4.90 Å². The van der Waals surface area contributed by atoms with E-state index in [1.807, 2.05) is 20.8 Å². The molecular weight excluding hydrogens is 306 g/mol. The van der Waals surface area contributed by atoms with Crippen molar-refractivity contribution >= 4 is 17.7 Å². The van der Waals surface area contributed by atoms with E-state index in [4.69, 9.17) is 4.74 Å². The molecule has 1 aliphatic rings. The molecule has 4 heteroatoms. The standard InChI is InChI=1S/C19H37NO2S/c1-19(2,3)22-18(21)12-10-8-6-4-5-7-9-11-13-20-14-16-23-17-15-20/h4-17H2,1-3H3. The molecule has 0 unspecified atom stereocenters. The normalized spacial score (nSPS) is 16.5. The van der Waals surface area contributed by atoms with Crippen LogP contribution in [0.2, 0.25) is 0 Å². The molecule has 1 heterocycles. The highest BCUT2D eigenvalue weighted by Crippen LogP contribution is 2.14. The van der Waals surface area contributed by atoms with Crippen LogP contribution < -0.4 is 0 Å². The van der Waals surface area contributed by atoms with Gasteiger partial charge in [0.05, 0.1) is 0 Å². The SMILES string of the molecule is CC(C)(C)OC(=O)CCCCCCCCCCN1CCSCC1. The van der Waals surface area contributed by atoms with Crippen LogP contribution in [0.5, 0.6) is 0 Å². The molecule has 0 bridgehead atoms. The highest BCUT2D eigenvalue weighted by Gasteiger charge is 2.15. The molecule has 0 atom stereocenters. The van der Waals surface area contributed by atoms with Gasteiger partial charge in [-0.05, 0) is 40.2 Å². The lowest BCUT2D eigenvalue weighted by Crippen LogP contribution is -2.33. The Bertz CT molecular complexity index is 309. The highest BCUT2D eigenvalue weighted by atomic mass is 32.2. The Balaban J connectivity index is 1.80. The molecule has 23 heavy (non-hydrogen) atoms. The van der Waals surface area contributed by atoms with Crippen molar-refractivity contribution in [3.8, 4) is 0 Å². The first-order chi connectivity index (χ1) is 11.0. The Morgan fingerprint density at radius 2 is 1.43 bits per heavy atom. The van der Waals surface area contributed by atoms with Crippen LogP contribution in [-0.2, 0) is 9.53 Å². The maximum atomic E-state index is 11.6. The molecule has 3 nitrogen and oxygen atoms in total. The first-order valence-electron chi connectivity index (χ1n) is 9.49. The van der Waals surface area contributed by atoms with Crippen molar-refractivity contribution in [2.45, 2.75) is 84.2 Å². The number of ether oxygens (including phenoxy) is 1. The molecule has 0 saturated carbocycles. The zero-order valence-electron chi connectivity index (χ0n) is 15.6. The Morgan fingerprint density at radius 1 is 0.913 bits per heavy atom. The third-order valence-corrected chi connectivity index (χ3v) is 5.07. The van der Waals surface area contributed by atoms with E-state index >= 15 is 0 Å². The van der Waals surface area contributed by atoms with Gasteiger partial charge in [-0.25, -0.2) is 0 Å². The maximum absolute atomic E-state index is 11.6. The quantitative estimate of drug-likeness (QED) is 0.395. The minimum absolute atomic E-state index is 0.0476. The van der Waals surface area contributed by atoms with Crippen LogP contribution in [0.4, 0.5) is 0 Å². The van der Waals surface area contributed by atoms with Crippen LogP contribution in [0, 0.1) is 0 Å². The number of carbonyl (C=O) groups excluding carboxylic acids is 1. The lowest BCUT2D eigenvalue weighted by molar-refractivity contribution is -0.154. The van der Waals surface area contributed by atoms with Crippen molar-refractivity contribution < 1.29 is 9.53 Å². The van der Waals surface area contributed by atoms with Crippen LogP contribution in [-0.4, -0.2) is 47.6 Å². The zero-order chi connectivity index (χ0) is 17.0. The Morgan fingerprint density at radius 3 is 2.00 bits per heavy atom. The van der Waals surface area contributed by atoms with Gasteiger partial charge in [0.15, 0.2) is 0 Å². The summed E-state index contributed by atoms with van der Waals surface area (Å²) in [7, 11) is 0. The molecule has 0 aromatic heterocycles. The molecule has 0 spiro atoms. The summed E-state index contributed by atoms with van der Waals surface area (Å²) >= 11 is 2.09. The second kappa shape index (κ2) is 12.2. The molecule has 0 aliphatic carbocycles. The van der Waals surface area contributed by atoms with Crippen molar-refractivity contribution in [3.05, 3.63) is 0 Å². The van der Waals surface area contributed by atoms with E-state index in [1.165, 1.54) is 69.7 Å². The van der Waals surface area contributed by atoms with Gasteiger partial charge in [-0.1, -0.05) is 38.5 Å². The molecule has 0 amide bonds. The third kappa shape index (κ3) is 12.8. The molecule has 136 valence electrons.